The van der Waals surface area contributed by atoms with Crippen LogP contribution in [0.4, 0.5) is 5.69 Å². The van der Waals surface area contributed by atoms with Gasteiger partial charge in [0, 0.05) is 33.7 Å². The van der Waals surface area contributed by atoms with E-state index < -0.39 is 0 Å². The average molecular weight is 553 g/mol. The Morgan fingerprint density at radius 1 is 0.651 bits per heavy atom. The monoisotopic (exact) mass is 552 g/mol. The topological polar surface area (TPSA) is 109 Å². The highest BCUT2D eigenvalue weighted by molar-refractivity contribution is 6.11. The summed E-state index contributed by atoms with van der Waals surface area (Å²) >= 11 is 0. The normalized spacial score (nSPS) is 11.2. The molecule has 0 N–H and O–H groups in total. The van der Waals surface area contributed by atoms with Crippen LogP contribution >= 0.6 is 0 Å². The minimum Gasteiger partial charge on any atom is -0.437 e. The Kier molecular flexibility index (Phi) is 5.15. The first kappa shape index (κ1) is 24.1. The summed E-state index contributed by atoms with van der Waals surface area (Å²) in [5, 5.41) is 20.7. The number of hydrogen-bond donors (Lipinski definition) is 0. The molecule has 0 saturated carbocycles. The third-order valence-electron chi connectivity index (χ3n) is 7.51. The average Bonchev–Trinajstić information content (AvgIpc) is 3.77. The zero-order chi connectivity index (χ0) is 29.1. The summed E-state index contributed by atoms with van der Waals surface area (Å²) in [6, 6.07) is 34.3. The number of rotatable bonds is 3. The standard InChI is InChI=1S/C35H16N6O2/c1-38-24-8-10-29-33(17-24)43-35(40-29)23-7-12-31-27(16-23)26-15-22(34-39-28-9-5-21(19-37)14-32(28)42-34)6-11-30(26)41(31)25-4-2-3-20(13-25)18-36/h2-17H. The van der Waals surface area contributed by atoms with Crippen molar-refractivity contribution < 1.29 is 8.83 Å². The van der Waals surface area contributed by atoms with Gasteiger partial charge in [0.05, 0.1) is 40.9 Å². The molecule has 8 heteroatoms. The highest BCUT2D eigenvalue weighted by Crippen LogP contribution is 2.38. The van der Waals surface area contributed by atoms with E-state index in [-0.39, 0.29) is 0 Å². The van der Waals surface area contributed by atoms with Crippen molar-refractivity contribution in [3.63, 3.8) is 0 Å². The first-order chi connectivity index (χ1) is 21.1. The maximum atomic E-state index is 9.57. The van der Waals surface area contributed by atoms with E-state index in [4.69, 9.17) is 15.4 Å². The molecule has 0 bridgehead atoms. The highest BCUT2D eigenvalue weighted by Gasteiger charge is 2.18. The second-order valence-corrected chi connectivity index (χ2v) is 10.1. The van der Waals surface area contributed by atoms with Gasteiger partial charge in [0.15, 0.2) is 11.3 Å². The van der Waals surface area contributed by atoms with E-state index in [2.05, 4.69) is 31.5 Å². The van der Waals surface area contributed by atoms with E-state index in [0.29, 0.717) is 50.8 Å². The number of nitriles is 2. The maximum absolute atomic E-state index is 9.57. The van der Waals surface area contributed by atoms with Gasteiger partial charge in [-0.05, 0) is 78.9 Å². The molecule has 0 unspecified atom stereocenters. The van der Waals surface area contributed by atoms with Crippen LogP contribution in [-0.2, 0) is 0 Å². The molecule has 0 atom stereocenters. The smallest absolute Gasteiger partial charge is 0.227 e. The first-order valence-corrected chi connectivity index (χ1v) is 13.3. The predicted molar refractivity (Wildman–Crippen MR) is 162 cm³/mol. The quantitative estimate of drug-likeness (QED) is 0.203. The number of aromatic nitrogens is 3. The van der Waals surface area contributed by atoms with Gasteiger partial charge in [-0.15, -0.1) is 0 Å². The Labute approximate surface area is 243 Å². The summed E-state index contributed by atoms with van der Waals surface area (Å²) in [5.74, 6) is 0.903. The zero-order valence-corrected chi connectivity index (χ0v) is 22.2. The molecule has 198 valence electrons. The van der Waals surface area contributed by atoms with E-state index in [1.807, 2.05) is 54.6 Å². The molecule has 8 rings (SSSR count). The fraction of sp³-hybridized carbons (Fsp3) is 0. The van der Waals surface area contributed by atoms with Crippen LogP contribution in [0.1, 0.15) is 11.1 Å². The van der Waals surface area contributed by atoms with E-state index >= 15 is 0 Å². The largest absolute Gasteiger partial charge is 0.437 e. The molecule has 0 spiro atoms. The molecule has 8 aromatic rings. The summed E-state index contributed by atoms with van der Waals surface area (Å²) in [5.41, 5.74) is 8.31. The van der Waals surface area contributed by atoms with Crippen molar-refractivity contribution in [1.29, 1.82) is 10.5 Å². The van der Waals surface area contributed by atoms with Gasteiger partial charge >= 0.3 is 0 Å². The molecule has 8 nitrogen and oxygen atoms in total. The van der Waals surface area contributed by atoms with Crippen molar-refractivity contribution in [2.24, 2.45) is 0 Å². The van der Waals surface area contributed by atoms with Gasteiger partial charge in [-0.1, -0.05) is 12.1 Å². The lowest BCUT2D eigenvalue weighted by molar-refractivity contribution is 0.619. The highest BCUT2D eigenvalue weighted by atomic mass is 16.4. The Morgan fingerprint density at radius 3 is 1.88 bits per heavy atom. The number of oxazole rings is 2. The van der Waals surface area contributed by atoms with Gasteiger partial charge in [0.2, 0.25) is 11.8 Å². The van der Waals surface area contributed by atoms with Crippen molar-refractivity contribution in [2.45, 2.75) is 0 Å². The second-order valence-electron chi connectivity index (χ2n) is 10.1. The molecule has 3 aromatic heterocycles. The van der Waals surface area contributed by atoms with Crippen molar-refractivity contribution in [3.8, 4) is 40.7 Å². The van der Waals surface area contributed by atoms with Crippen molar-refractivity contribution in [3.05, 3.63) is 120 Å². The van der Waals surface area contributed by atoms with Crippen LogP contribution in [0.5, 0.6) is 0 Å². The second kappa shape index (κ2) is 9.17. The molecule has 0 aliphatic carbocycles. The van der Waals surface area contributed by atoms with Gasteiger partial charge in [0.1, 0.15) is 16.6 Å². The third-order valence-corrected chi connectivity index (χ3v) is 7.51. The van der Waals surface area contributed by atoms with Gasteiger partial charge in [0.25, 0.3) is 0 Å². The molecule has 0 radical (unpaired) electrons. The summed E-state index contributed by atoms with van der Waals surface area (Å²) in [6.07, 6.45) is 0. The Hall–Kier alpha value is -6.69. The summed E-state index contributed by atoms with van der Waals surface area (Å²) < 4.78 is 14.3. The van der Waals surface area contributed by atoms with Crippen molar-refractivity contribution in [1.82, 2.24) is 14.5 Å². The van der Waals surface area contributed by atoms with Gasteiger partial charge in [-0.25, -0.2) is 14.8 Å². The Bertz CT molecular complexity index is 2420. The zero-order valence-electron chi connectivity index (χ0n) is 22.2. The molecular weight excluding hydrogens is 536 g/mol. The SMILES string of the molecule is [C-]#[N+]c1ccc2nc(-c3ccc4c(c3)c3cc(-c5nc6ccc(C#N)cc6o5)ccc3n4-c3cccc(C#N)c3)oc2c1. The number of benzene rings is 5. The fourth-order valence-corrected chi connectivity index (χ4v) is 5.51. The van der Waals surface area contributed by atoms with Crippen LogP contribution in [0.15, 0.2) is 106 Å². The van der Waals surface area contributed by atoms with Crippen LogP contribution in [-0.4, -0.2) is 14.5 Å². The van der Waals surface area contributed by atoms with Gasteiger partial charge in [-0.3, -0.25) is 0 Å². The van der Waals surface area contributed by atoms with Gasteiger partial charge < -0.3 is 13.4 Å². The Morgan fingerprint density at radius 2 is 1.26 bits per heavy atom. The third kappa shape index (κ3) is 3.82. The lowest BCUT2D eigenvalue weighted by Gasteiger charge is -2.08. The minimum absolute atomic E-state index is 0.449. The number of hydrogen-bond acceptors (Lipinski definition) is 6. The van der Waals surface area contributed by atoms with E-state index in [1.54, 1.807) is 42.5 Å². The lowest BCUT2D eigenvalue weighted by Crippen LogP contribution is -1.94. The van der Waals surface area contributed by atoms with Crippen LogP contribution in [0.25, 0.3) is 77.4 Å². The van der Waals surface area contributed by atoms with E-state index in [9.17, 15) is 10.5 Å². The molecule has 3 heterocycles. The van der Waals surface area contributed by atoms with Crippen molar-refractivity contribution >= 4 is 49.7 Å². The number of fused-ring (bicyclic) bond motifs is 5. The Balaban J connectivity index is 1.36. The van der Waals surface area contributed by atoms with Crippen LogP contribution in [0.2, 0.25) is 0 Å². The molecule has 0 aliphatic heterocycles. The summed E-state index contributed by atoms with van der Waals surface area (Å²) in [7, 11) is 0. The van der Waals surface area contributed by atoms with Gasteiger partial charge in [-0.2, -0.15) is 10.5 Å². The summed E-state index contributed by atoms with van der Waals surface area (Å²) in [6.45, 7) is 7.30. The molecule has 5 aromatic carbocycles. The molecule has 0 amide bonds. The first-order valence-electron chi connectivity index (χ1n) is 13.3. The van der Waals surface area contributed by atoms with Crippen LogP contribution in [0, 0.1) is 29.2 Å². The fourth-order valence-electron chi connectivity index (χ4n) is 5.51. The maximum Gasteiger partial charge on any atom is 0.227 e. The van der Waals surface area contributed by atoms with E-state index in [1.165, 1.54) is 0 Å². The molecule has 0 aliphatic rings. The summed E-state index contributed by atoms with van der Waals surface area (Å²) in [4.78, 5) is 12.8. The molecular formula is C35H16N6O2. The van der Waals surface area contributed by atoms with E-state index in [0.717, 1.165) is 38.6 Å². The molecule has 0 fully saturated rings. The lowest BCUT2D eigenvalue weighted by atomic mass is 10.1. The van der Waals surface area contributed by atoms with Crippen LogP contribution in [0.3, 0.4) is 0 Å². The van der Waals surface area contributed by atoms with Crippen molar-refractivity contribution in [2.75, 3.05) is 0 Å². The predicted octanol–water partition coefficient (Wildman–Crippen LogP) is 8.69. The molecule has 0 saturated heterocycles. The molecule has 43 heavy (non-hydrogen) atoms. The minimum atomic E-state index is 0.449. The number of nitrogens with zero attached hydrogens (tertiary/aromatic N) is 6. The van der Waals surface area contributed by atoms with Crippen LogP contribution < -0.4 is 0 Å².